The Kier molecular flexibility index (Phi) is 2.61. The first-order valence-corrected chi connectivity index (χ1v) is 5.39. The minimum absolute atomic E-state index is 0.814. The van der Waals surface area contributed by atoms with Gasteiger partial charge in [0.2, 0.25) is 0 Å². The molecule has 1 aliphatic rings. The van der Waals surface area contributed by atoms with Crippen LogP contribution in [0.25, 0.3) is 0 Å². The summed E-state index contributed by atoms with van der Waals surface area (Å²) in [6.07, 6.45) is 5.78. The van der Waals surface area contributed by atoms with Crippen molar-refractivity contribution in [1.29, 1.82) is 0 Å². The van der Waals surface area contributed by atoms with Gasteiger partial charge in [0.05, 0.1) is 11.9 Å². The normalized spacial score (nSPS) is 17.4. The maximum atomic E-state index is 5.92. The molecule has 2 heterocycles. The lowest BCUT2D eigenvalue weighted by atomic mass is 10.1. The fourth-order valence-electron chi connectivity index (χ4n) is 1.94. The van der Waals surface area contributed by atoms with Crippen LogP contribution in [-0.4, -0.2) is 22.9 Å². The van der Waals surface area contributed by atoms with Crippen LogP contribution < -0.4 is 10.6 Å². The predicted molar refractivity (Wildman–Crippen MR) is 58.4 cm³/mol. The monoisotopic (exact) mass is 194 g/mol. The van der Waals surface area contributed by atoms with Crippen LogP contribution in [0.15, 0.2) is 6.20 Å². The Morgan fingerprint density at radius 1 is 1.36 bits per heavy atom. The van der Waals surface area contributed by atoms with E-state index in [2.05, 4.69) is 16.9 Å². The van der Waals surface area contributed by atoms with E-state index in [1.54, 1.807) is 0 Å². The molecule has 2 rings (SSSR count). The topological polar surface area (TPSA) is 47.1 Å². The van der Waals surface area contributed by atoms with Gasteiger partial charge >= 0.3 is 0 Å². The van der Waals surface area contributed by atoms with Crippen LogP contribution in [0.4, 0.5) is 11.5 Å². The van der Waals surface area contributed by atoms with Crippen molar-refractivity contribution in [2.24, 2.45) is 0 Å². The lowest BCUT2D eigenvalue weighted by Gasteiger charge is -2.26. The molecule has 1 aromatic heterocycles. The molecule has 0 saturated carbocycles. The minimum atomic E-state index is 0.814. The molecular weight excluding hydrogens is 176 g/mol. The second kappa shape index (κ2) is 3.90. The van der Waals surface area contributed by atoms with E-state index in [9.17, 15) is 0 Å². The predicted octanol–water partition coefficient (Wildman–Crippen LogP) is 1.48. The van der Waals surface area contributed by atoms with Crippen LogP contribution in [0.1, 0.15) is 26.2 Å². The van der Waals surface area contributed by atoms with Crippen molar-refractivity contribution in [2.75, 3.05) is 23.7 Å². The molecule has 2 N–H and O–H groups in total. The van der Waals surface area contributed by atoms with E-state index in [4.69, 9.17) is 5.73 Å². The summed E-state index contributed by atoms with van der Waals surface area (Å²) in [5.74, 6) is 0.978. The lowest BCUT2D eigenvalue weighted by molar-refractivity contribution is 0.565. The van der Waals surface area contributed by atoms with Crippen molar-refractivity contribution in [3.63, 3.8) is 0 Å². The molecule has 0 bridgehead atoms. The van der Waals surface area contributed by atoms with Gasteiger partial charge in [-0.05, 0) is 26.2 Å². The van der Waals surface area contributed by atoms with Crippen molar-refractivity contribution >= 4 is 11.5 Å². The molecule has 0 aliphatic carbocycles. The second-order valence-corrected chi connectivity index (χ2v) is 3.81. The van der Waals surface area contributed by atoms with E-state index in [1.807, 2.05) is 10.9 Å². The molecule has 1 saturated heterocycles. The third-order valence-electron chi connectivity index (χ3n) is 2.75. The van der Waals surface area contributed by atoms with Gasteiger partial charge < -0.3 is 10.6 Å². The van der Waals surface area contributed by atoms with E-state index in [0.29, 0.717) is 0 Å². The first-order chi connectivity index (χ1) is 6.81. The van der Waals surface area contributed by atoms with Gasteiger partial charge in [0.1, 0.15) is 0 Å². The number of piperidine rings is 1. The standard InChI is InChI=1S/C10H18N4/c1-2-14-8-9(11)10(12-14)13-6-4-3-5-7-13/h8H,2-7,11H2,1H3. The zero-order valence-corrected chi connectivity index (χ0v) is 8.74. The summed E-state index contributed by atoms with van der Waals surface area (Å²) >= 11 is 0. The van der Waals surface area contributed by atoms with Crippen LogP contribution >= 0.6 is 0 Å². The van der Waals surface area contributed by atoms with Gasteiger partial charge in [0.15, 0.2) is 5.82 Å². The Hall–Kier alpha value is -1.19. The fourth-order valence-corrected chi connectivity index (χ4v) is 1.94. The second-order valence-electron chi connectivity index (χ2n) is 3.81. The third kappa shape index (κ3) is 1.69. The molecule has 0 atom stereocenters. The molecule has 0 aromatic carbocycles. The molecule has 0 radical (unpaired) electrons. The highest BCUT2D eigenvalue weighted by atomic mass is 15.4. The van der Waals surface area contributed by atoms with Crippen LogP contribution in [0.5, 0.6) is 0 Å². The SMILES string of the molecule is CCn1cc(N)c(N2CCCCC2)n1. The summed E-state index contributed by atoms with van der Waals surface area (Å²) in [5, 5.41) is 4.47. The highest BCUT2D eigenvalue weighted by molar-refractivity contribution is 5.61. The number of nitrogen functional groups attached to an aromatic ring is 1. The van der Waals surface area contributed by atoms with Gasteiger partial charge in [-0.25, -0.2) is 0 Å². The molecule has 4 nitrogen and oxygen atoms in total. The van der Waals surface area contributed by atoms with Crippen molar-refractivity contribution in [3.05, 3.63) is 6.20 Å². The van der Waals surface area contributed by atoms with Crippen LogP contribution in [0.3, 0.4) is 0 Å². The zero-order valence-electron chi connectivity index (χ0n) is 8.74. The number of nitrogens with two attached hydrogens (primary N) is 1. The van der Waals surface area contributed by atoms with E-state index < -0.39 is 0 Å². The zero-order chi connectivity index (χ0) is 9.97. The number of aryl methyl sites for hydroxylation is 1. The molecule has 78 valence electrons. The summed E-state index contributed by atoms with van der Waals surface area (Å²) in [7, 11) is 0. The van der Waals surface area contributed by atoms with Crippen molar-refractivity contribution in [3.8, 4) is 0 Å². The number of hydrogen-bond acceptors (Lipinski definition) is 3. The molecule has 0 spiro atoms. The summed E-state index contributed by atoms with van der Waals surface area (Å²) in [4.78, 5) is 2.30. The Labute approximate surface area is 84.7 Å². The van der Waals surface area contributed by atoms with E-state index in [-0.39, 0.29) is 0 Å². The average Bonchev–Trinajstić information content (AvgIpc) is 2.61. The molecule has 0 amide bonds. The summed E-state index contributed by atoms with van der Waals surface area (Å²) < 4.78 is 1.90. The lowest BCUT2D eigenvalue weighted by Crippen LogP contribution is -2.30. The van der Waals surface area contributed by atoms with Gasteiger partial charge in [-0.3, -0.25) is 4.68 Å². The van der Waals surface area contributed by atoms with Crippen LogP contribution in [0.2, 0.25) is 0 Å². The largest absolute Gasteiger partial charge is 0.394 e. The van der Waals surface area contributed by atoms with Gasteiger partial charge in [0, 0.05) is 19.6 Å². The molecule has 1 aliphatic heterocycles. The number of anilines is 2. The Bertz CT molecular complexity index is 299. The maximum Gasteiger partial charge on any atom is 0.173 e. The van der Waals surface area contributed by atoms with Crippen molar-refractivity contribution < 1.29 is 0 Å². The van der Waals surface area contributed by atoms with E-state index >= 15 is 0 Å². The summed E-state index contributed by atoms with van der Waals surface area (Å²) in [6.45, 7) is 5.17. The Morgan fingerprint density at radius 2 is 2.07 bits per heavy atom. The van der Waals surface area contributed by atoms with Crippen LogP contribution in [-0.2, 0) is 6.54 Å². The molecule has 1 fully saturated rings. The first-order valence-electron chi connectivity index (χ1n) is 5.39. The van der Waals surface area contributed by atoms with Crippen molar-refractivity contribution in [2.45, 2.75) is 32.7 Å². The third-order valence-corrected chi connectivity index (χ3v) is 2.75. The van der Waals surface area contributed by atoms with Crippen molar-refractivity contribution in [1.82, 2.24) is 9.78 Å². The first kappa shape index (κ1) is 9.37. The number of rotatable bonds is 2. The highest BCUT2D eigenvalue weighted by Crippen LogP contribution is 2.23. The summed E-state index contributed by atoms with van der Waals surface area (Å²) in [6, 6.07) is 0. The number of aromatic nitrogens is 2. The van der Waals surface area contributed by atoms with E-state index in [0.717, 1.165) is 31.1 Å². The molecular formula is C10H18N4. The van der Waals surface area contributed by atoms with Crippen LogP contribution in [0, 0.1) is 0 Å². The van der Waals surface area contributed by atoms with Gasteiger partial charge in [-0.1, -0.05) is 0 Å². The Morgan fingerprint density at radius 3 is 2.64 bits per heavy atom. The molecule has 14 heavy (non-hydrogen) atoms. The molecule has 4 heteroatoms. The molecule has 0 unspecified atom stereocenters. The minimum Gasteiger partial charge on any atom is -0.394 e. The average molecular weight is 194 g/mol. The highest BCUT2D eigenvalue weighted by Gasteiger charge is 2.16. The fraction of sp³-hybridized carbons (Fsp3) is 0.700. The molecule has 1 aromatic rings. The maximum absolute atomic E-state index is 5.92. The van der Waals surface area contributed by atoms with Gasteiger partial charge in [0.25, 0.3) is 0 Å². The quantitative estimate of drug-likeness (QED) is 0.775. The van der Waals surface area contributed by atoms with Gasteiger partial charge in [-0.15, -0.1) is 0 Å². The number of nitrogens with zero attached hydrogens (tertiary/aromatic N) is 3. The Balaban J connectivity index is 2.17. The van der Waals surface area contributed by atoms with E-state index in [1.165, 1.54) is 19.3 Å². The smallest absolute Gasteiger partial charge is 0.173 e. The summed E-state index contributed by atoms with van der Waals surface area (Å²) in [5.41, 5.74) is 6.74. The number of hydrogen-bond donors (Lipinski definition) is 1. The van der Waals surface area contributed by atoms with Gasteiger partial charge in [-0.2, -0.15) is 5.10 Å².